The minimum absolute atomic E-state index is 0.316. The molecule has 0 atom stereocenters. The fourth-order valence-corrected chi connectivity index (χ4v) is 2.48. The maximum Gasteiger partial charge on any atom is 0.271 e. The highest BCUT2D eigenvalue weighted by atomic mass is 16.5. The van der Waals surface area contributed by atoms with E-state index in [0.717, 1.165) is 5.56 Å². The summed E-state index contributed by atoms with van der Waals surface area (Å²) in [5.74, 6) is 1.98. The molecule has 2 aromatic carbocycles. The fourth-order valence-electron chi connectivity index (χ4n) is 2.48. The van der Waals surface area contributed by atoms with Gasteiger partial charge < -0.3 is 23.7 Å². The molecule has 0 bridgehead atoms. The molecule has 0 aliphatic carbocycles. The van der Waals surface area contributed by atoms with Crippen LogP contribution in [-0.2, 0) is 0 Å². The minimum atomic E-state index is -0.423. The van der Waals surface area contributed by atoms with Crippen molar-refractivity contribution in [2.75, 3.05) is 35.0 Å². The van der Waals surface area contributed by atoms with Crippen molar-refractivity contribution in [3.63, 3.8) is 0 Å². The number of hydrazone groups is 1. The van der Waals surface area contributed by atoms with Gasteiger partial charge in [0.05, 0.1) is 41.3 Å². The summed E-state index contributed by atoms with van der Waals surface area (Å²) in [6, 6.07) is 8.45. The normalized spacial score (nSPS) is 10.5. The van der Waals surface area contributed by atoms with Gasteiger partial charge in [0.1, 0.15) is 0 Å². The van der Waals surface area contributed by atoms with Gasteiger partial charge in [0.2, 0.25) is 5.75 Å². The summed E-state index contributed by atoms with van der Waals surface area (Å²) in [4.78, 5) is 12.4. The van der Waals surface area contributed by atoms with Gasteiger partial charge in [-0.3, -0.25) is 4.79 Å². The van der Waals surface area contributed by atoms with Crippen LogP contribution < -0.4 is 29.1 Å². The molecule has 0 aromatic heterocycles. The molecule has 0 saturated heterocycles. The Morgan fingerprint density at radius 2 is 1.57 bits per heavy atom. The van der Waals surface area contributed by atoms with Crippen molar-refractivity contribution in [1.82, 2.24) is 5.43 Å². The smallest absolute Gasteiger partial charge is 0.271 e. The molecule has 150 valence electrons. The number of ether oxygens (including phenoxy) is 5. The molecule has 2 rings (SSSR count). The van der Waals surface area contributed by atoms with Gasteiger partial charge in [-0.1, -0.05) is 0 Å². The van der Waals surface area contributed by atoms with Crippen LogP contribution in [0.4, 0.5) is 0 Å². The number of methoxy groups -OCH3 is 4. The molecule has 1 amide bonds. The van der Waals surface area contributed by atoms with Crippen LogP contribution in [0.15, 0.2) is 35.4 Å². The van der Waals surface area contributed by atoms with Crippen molar-refractivity contribution in [1.29, 1.82) is 0 Å². The summed E-state index contributed by atoms with van der Waals surface area (Å²) < 4.78 is 26.5. The Bertz CT molecular complexity index is 826. The number of amides is 1. The fraction of sp³-hybridized carbons (Fsp3) is 0.300. The molecule has 0 aliphatic heterocycles. The zero-order chi connectivity index (χ0) is 20.5. The monoisotopic (exact) mass is 388 g/mol. The highest BCUT2D eigenvalue weighted by molar-refractivity contribution is 5.96. The molecule has 0 saturated carbocycles. The number of nitrogens with one attached hydrogen (secondary N) is 1. The number of nitrogens with zero attached hydrogens (tertiary/aromatic N) is 1. The van der Waals surface area contributed by atoms with E-state index in [1.54, 1.807) is 31.4 Å². The lowest BCUT2D eigenvalue weighted by Gasteiger charge is -2.13. The van der Waals surface area contributed by atoms with E-state index in [9.17, 15) is 4.79 Å². The first-order chi connectivity index (χ1) is 13.6. The van der Waals surface area contributed by atoms with Crippen molar-refractivity contribution >= 4 is 12.1 Å². The Hall–Kier alpha value is -3.42. The van der Waals surface area contributed by atoms with Crippen molar-refractivity contribution in [3.8, 4) is 28.7 Å². The van der Waals surface area contributed by atoms with Crippen LogP contribution in [0.5, 0.6) is 28.7 Å². The molecule has 0 fully saturated rings. The summed E-state index contributed by atoms with van der Waals surface area (Å²) >= 11 is 0. The zero-order valence-corrected chi connectivity index (χ0v) is 16.6. The Balaban J connectivity index is 2.15. The maximum atomic E-state index is 12.4. The molecule has 8 nitrogen and oxygen atoms in total. The average molecular weight is 388 g/mol. The zero-order valence-electron chi connectivity index (χ0n) is 16.6. The molecule has 8 heteroatoms. The van der Waals surface area contributed by atoms with Crippen molar-refractivity contribution < 1.29 is 28.5 Å². The molecule has 0 radical (unpaired) electrons. The van der Waals surface area contributed by atoms with E-state index in [1.165, 1.54) is 27.5 Å². The molecule has 2 aromatic rings. The third kappa shape index (κ3) is 4.85. The van der Waals surface area contributed by atoms with Gasteiger partial charge >= 0.3 is 0 Å². The quantitative estimate of drug-likeness (QED) is 0.525. The van der Waals surface area contributed by atoms with Gasteiger partial charge in [-0.25, -0.2) is 5.43 Å². The number of hydrogen-bond acceptors (Lipinski definition) is 7. The minimum Gasteiger partial charge on any atom is -0.493 e. The standard InChI is InChI=1S/C20H24N2O6/c1-6-28-15-8-7-13(9-16(15)24-2)12-21-22-20(23)14-10-17(25-3)19(27-5)18(11-14)26-4/h7-12H,6H2,1-5H3,(H,22,23)/b21-12+. The third-order valence-corrected chi connectivity index (χ3v) is 3.79. The molecule has 0 unspecified atom stereocenters. The van der Waals surface area contributed by atoms with Gasteiger partial charge in [0, 0.05) is 5.56 Å². The highest BCUT2D eigenvalue weighted by Crippen LogP contribution is 2.38. The number of benzene rings is 2. The molecule has 0 aliphatic rings. The Labute approximate surface area is 164 Å². The van der Waals surface area contributed by atoms with Crippen LogP contribution >= 0.6 is 0 Å². The number of rotatable bonds is 9. The molecule has 0 spiro atoms. The predicted octanol–water partition coefficient (Wildman–Crippen LogP) is 2.88. The summed E-state index contributed by atoms with van der Waals surface area (Å²) in [5, 5.41) is 3.99. The van der Waals surface area contributed by atoms with Gasteiger partial charge in [-0.15, -0.1) is 0 Å². The average Bonchev–Trinajstić information content (AvgIpc) is 2.73. The van der Waals surface area contributed by atoms with Gasteiger partial charge in [-0.2, -0.15) is 5.10 Å². The lowest BCUT2D eigenvalue weighted by atomic mass is 10.1. The van der Waals surface area contributed by atoms with Crippen molar-refractivity contribution in [3.05, 3.63) is 41.5 Å². The third-order valence-electron chi connectivity index (χ3n) is 3.79. The van der Waals surface area contributed by atoms with Crippen LogP contribution in [0.3, 0.4) is 0 Å². The predicted molar refractivity (Wildman–Crippen MR) is 105 cm³/mol. The summed E-state index contributed by atoms with van der Waals surface area (Å²) in [7, 11) is 6.02. The van der Waals surface area contributed by atoms with E-state index in [1.807, 2.05) is 13.0 Å². The topological polar surface area (TPSA) is 87.6 Å². The summed E-state index contributed by atoms with van der Waals surface area (Å²) in [5.41, 5.74) is 3.53. The van der Waals surface area contributed by atoms with Crippen LogP contribution in [-0.4, -0.2) is 47.2 Å². The first-order valence-corrected chi connectivity index (χ1v) is 8.52. The Kier molecular flexibility index (Phi) is 7.50. The Morgan fingerprint density at radius 1 is 0.929 bits per heavy atom. The van der Waals surface area contributed by atoms with Crippen LogP contribution in [0.1, 0.15) is 22.8 Å². The van der Waals surface area contributed by atoms with Crippen molar-refractivity contribution in [2.24, 2.45) is 5.10 Å². The molecule has 28 heavy (non-hydrogen) atoms. The first kappa shape index (κ1) is 20.9. The first-order valence-electron chi connectivity index (χ1n) is 8.52. The van der Waals surface area contributed by atoms with E-state index < -0.39 is 5.91 Å². The Morgan fingerprint density at radius 3 is 2.11 bits per heavy atom. The second-order valence-corrected chi connectivity index (χ2v) is 5.46. The second-order valence-electron chi connectivity index (χ2n) is 5.46. The highest BCUT2D eigenvalue weighted by Gasteiger charge is 2.16. The van der Waals surface area contributed by atoms with Crippen LogP contribution in [0, 0.1) is 0 Å². The van der Waals surface area contributed by atoms with Crippen LogP contribution in [0.25, 0.3) is 0 Å². The van der Waals surface area contributed by atoms with Gasteiger partial charge in [0.15, 0.2) is 23.0 Å². The molecular weight excluding hydrogens is 364 g/mol. The number of carbonyl (C=O) groups is 1. The van der Waals surface area contributed by atoms with E-state index in [0.29, 0.717) is 40.9 Å². The van der Waals surface area contributed by atoms with Crippen molar-refractivity contribution in [2.45, 2.75) is 6.92 Å². The van der Waals surface area contributed by atoms with Gasteiger partial charge in [0.25, 0.3) is 5.91 Å². The largest absolute Gasteiger partial charge is 0.493 e. The van der Waals surface area contributed by atoms with E-state index in [2.05, 4.69) is 10.5 Å². The number of carbonyl (C=O) groups excluding carboxylic acids is 1. The summed E-state index contributed by atoms with van der Waals surface area (Å²) in [6.45, 7) is 2.43. The second kappa shape index (κ2) is 10.1. The van der Waals surface area contributed by atoms with E-state index >= 15 is 0 Å². The SMILES string of the molecule is CCOc1ccc(/C=N/NC(=O)c2cc(OC)c(OC)c(OC)c2)cc1OC. The summed E-state index contributed by atoms with van der Waals surface area (Å²) in [6.07, 6.45) is 1.51. The van der Waals surface area contributed by atoms with E-state index in [4.69, 9.17) is 23.7 Å². The number of hydrogen-bond donors (Lipinski definition) is 1. The van der Waals surface area contributed by atoms with Gasteiger partial charge in [-0.05, 0) is 42.8 Å². The maximum absolute atomic E-state index is 12.4. The molecule has 1 N–H and O–H groups in total. The van der Waals surface area contributed by atoms with Crippen LogP contribution in [0.2, 0.25) is 0 Å². The lowest BCUT2D eigenvalue weighted by Crippen LogP contribution is -2.18. The molecular formula is C20H24N2O6. The van der Waals surface area contributed by atoms with E-state index in [-0.39, 0.29) is 0 Å². The lowest BCUT2D eigenvalue weighted by molar-refractivity contribution is 0.0954. The molecule has 0 heterocycles.